The molecular formula is C59H111NO3. The highest BCUT2D eigenvalue weighted by molar-refractivity contribution is 5.76. The molecule has 0 saturated heterocycles. The minimum Gasteiger partial charge on any atom is -0.394 e. The van der Waals surface area contributed by atoms with Crippen molar-refractivity contribution in [1.82, 2.24) is 5.32 Å². The van der Waals surface area contributed by atoms with Crippen LogP contribution in [-0.2, 0) is 4.79 Å². The zero-order chi connectivity index (χ0) is 45.6. The van der Waals surface area contributed by atoms with Gasteiger partial charge >= 0.3 is 0 Å². The van der Waals surface area contributed by atoms with Gasteiger partial charge in [0.05, 0.1) is 18.8 Å². The van der Waals surface area contributed by atoms with Gasteiger partial charge in [-0.25, -0.2) is 0 Å². The Morgan fingerprint density at radius 3 is 0.968 bits per heavy atom. The summed E-state index contributed by atoms with van der Waals surface area (Å²) in [5, 5.41) is 23.0. The summed E-state index contributed by atoms with van der Waals surface area (Å²) in [7, 11) is 0. The molecule has 0 aromatic rings. The van der Waals surface area contributed by atoms with E-state index in [9.17, 15) is 15.0 Å². The number of carbonyl (C=O) groups is 1. The molecule has 63 heavy (non-hydrogen) atoms. The lowest BCUT2D eigenvalue weighted by Crippen LogP contribution is -2.45. The highest BCUT2D eigenvalue weighted by Crippen LogP contribution is 2.17. The summed E-state index contributed by atoms with van der Waals surface area (Å²) in [6, 6.07) is -0.643. The van der Waals surface area contributed by atoms with Gasteiger partial charge in [0.2, 0.25) is 5.91 Å². The van der Waals surface area contributed by atoms with Crippen molar-refractivity contribution >= 4 is 5.91 Å². The van der Waals surface area contributed by atoms with E-state index in [4.69, 9.17) is 0 Å². The van der Waals surface area contributed by atoms with Crippen molar-refractivity contribution in [1.29, 1.82) is 0 Å². The van der Waals surface area contributed by atoms with E-state index in [1.807, 2.05) is 6.08 Å². The van der Waals surface area contributed by atoms with Crippen molar-refractivity contribution in [3.8, 4) is 0 Å². The average Bonchev–Trinajstić information content (AvgIpc) is 3.29. The van der Waals surface area contributed by atoms with E-state index in [0.717, 1.165) is 38.5 Å². The molecule has 0 aromatic heterocycles. The highest BCUT2D eigenvalue weighted by atomic mass is 16.3. The number of nitrogens with one attached hydrogen (secondary N) is 1. The van der Waals surface area contributed by atoms with E-state index < -0.39 is 12.1 Å². The second-order valence-electron chi connectivity index (χ2n) is 19.3. The summed E-state index contributed by atoms with van der Waals surface area (Å²) in [6.07, 6.45) is 75.9. The molecule has 0 aliphatic rings. The number of amides is 1. The zero-order valence-electron chi connectivity index (χ0n) is 42.6. The van der Waals surface area contributed by atoms with Crippen LogP contribution in [0.25, 0.3) is 0 Å². The molecule has 0 rings (SSSR count). The van der Waals surface area contributed by atoms with Gasteiger partial charge in [0, 0.05) is 6.42 Å². The third kappa shape index (κ3) is 51.2. The molecule has 0 aliphatic heterocycles. The summed E-state index contributed by atoms with van der Waals surface area (Å²) < 4.78 is 0. The fourth-order valence-electron chi connectivity index (χ4n) is 8.66. The maximum absolute atomic E-state index is 12.4. The topological polar surface area (TPSA) is 69.6 Å². The number of rotatable bonds is 52. The van der Waals surface area contributed by atoms with Gasteiger partial charge in [-0.3, -0.25) is 4.79 Å². The summed E-state index contributed by atoms with van der Waals surface area (Å²) >= 11 is 0. The van der Waals surface area contributed by atoms with Crippen molar-refractivity contribution in [2.45, 2.75) is 315 Å². The molecule has 0 aromatic carbocycles. The average molecular weight is 883 g/mol. The third-order valence-corrected chi connectivity index (χ3v) is 13.0. The second kappa shape index (κ2) is 54.7. The SMILES string of the molecule is CCCC/C=C/CC/C=C/CC/C=C/C(O)C(CO)NC(=O)CCCCCCCCCCCCCCCCCCCCCCCCCCCCC/C=C\CCCCCCCCCC. The fraction of sp³-hybridized carbons (Fsp3) is 0.847. The first kappa shape index (κ1) is 61.4. The van der Waals surface area contributed by atoms with E-state index in [1.54, 1.807) is 6.08 Å². The second-order valence-corrected chi connectivity index (χ2v) is 19.3. The minimum atomic E-state index is -0.868. The lowest BCUT2D eigenvalue weighted by molar-refractivity contribution is -0.123. The Morgan fingerprint density at radius 1 is 0.365 bits per heavy atom. The standard InChI is InChI=1S/C59H111NO3/c1-3-5-7-9-11-13-15-17-18-19-20-21-22-23-24-25-26-27-28-29-30-31-32-33-34-35-36-37-38-39-40-41-42-43-45-47-49-51-53-55-59(63)60-57(56-61)58(62)54-52-50-48-46-44-16-14-12-10-8-6-4-2/h10,12,19-20,44,46,52,54,57-58,61-62H,3-9,11,13-18,21-43,45,47-51,53,55-56H2,1-2H3,(H,60,63)/b12-10+,20-19-,46-44+,54-52+. The Kier molecular flexibility index (Phi) is 53.3. The van der Waals surface area contributed by atoms with Gasteiger partial charge in [-0.1, -0.05) is 281 Å². The Morgan fingerprint density at radius 2 is 0.635 bits per heavy atom. The molecule has 0 fully saturated rings. The first-order valence-corrected chi connectivity index (χ1v) is 28.4. The molecule has 2 unspecified atom stereocenters. The van der Waals surface area contributed by atoms with Crippen molar-refractivity contribution in [3.05, 3.63) is 48.6 Å². The van der Waals surface area contributed by atoms with Crippen LogP contribution < -0.4 is 5.32 Å². The van der Waals surface area contributed by atoms with Crippen LogP contribution in [0, 0.1) is 0 Å². The van der Waals surface area contributed by atoms with Gasteiger partial charge in [0.25, 0.3) is 0 Å². The highest BCUT2D eigenvalue weighted by Gasteiger charge is 2.18. The molecular weight excluding hydrogens is 771 g/mol. The predicted molar refractivity (Wildman–Crippen MR) is 281 cm³/mol. The molecule has 1 amide bonds. The molecule has 2 atom stereocenters. The van der Waals surface area contributed by atoms with E-state index in [0.29, 0.717) is 6.42 Å². The number of unbranched alkanes of at least 4 members (excludes halogenated alkanes) is 39. The van der Waals surface area contributed by atoms with E-state index in [-0.39, 0.29) is 12.5 Å². The molecule has 0 spiro atoms. The molecule has 0 bridgehead atoms. The molecule has 0 heterocycles. The predicted octanol–water partition coefficient (Wildman–Crippen LogP) is 18.6. The van der Waals surface area contributed by atoms with Crippen molar-refractivity contribution in [2.75, 3.05) is 6.61 Å². The number of hydrogen-bond donors (Lipinski definition) is 3. The molecule has 4 heteroatoms. The quantitative estimate of drug-likeness (QED) is 0.0421. The first-order chi connectivity index (χ1) is 31.2. The molecule has 0 aliphatic carbocycles. The van der Waals surface area contributed by atoms with Crippen LogP contribution in [0.5, 0.6) is 0 Å². The summed E-state index contributed by atoms with van der Waals surface area (Å²) in [5.74, 6) is -0.0753. The number of carbonyl (C=O) groups excluding carboxylic acids is 1. The largest absolute Gasteiger partial charge is 0.394 e. The maximum atomic E-state index is 12.4. The molecule has 4 nitrogen and oxygen atoms in total. The van der Waals surface area contributed by atoms with Crippen molar-refractivity contribution in [3.63, 3.8) is 0 Å². The van der Waals surface area contributed by atoms with Gasteiger partial charge in [-0.15, -0.1) is 0 Å². The van der Waals surface area contributed by atoms with Crippen molar-refractivity contribution < 1.29 is 15.0 Å². The fourth-order valence-corrected chi connectivity index (χ4v) is 8.66. The number of aliphatic hydroxyl groups excluding tert-OH is 2. The Labute approximate surface area is 394 Å². The lowest BCUT2D eigenvalue weighted by atomic mass is 10.0. The maximum Gasteiger partial charge on any atom is 0.220 e. The van der Waals surface area contributed by atoms with E-state index >= 15 is 0 Å². The Hall–Kier alpha value is -1.65. The van der Waals surface area contributed by atoms with Crippen LogP contribution in [0.3, 0.4) is 0 Å². The smallest absolute Gasteiger partial charge is 0.220 e. The van der Waals surface area contributed by atoms with Crippen molar-refractivity contribution in [2.24, 2.45) is 0 Å². The molecule has 0 radical (unpaired) electrons. The number of allylic oxidation sites excluding steroid dienone is 7. The van der Waals surface area contributed by atoms with Gasteiger partial charge in [-0.05, 0) is 64.2 Å². The normalized spacial score (nSPS) is 13.1. The van der Waals surface area contributed by atoms with Crippen LogP contribution in [0.4, 0.5) is 0 Å². The van der Waals surface area contributed by atoms with Gasteiger partial charge in [-0.2, -0.15) is 0 Å². The molecule has 3 N–H and O–H groups in total. The van der Waals surface area contributed by atoms with Gasteiger partial charge in [0.1, 0.15) is 0 Å². The summed E-state index contributed by atoms with van der Waals surface area (Å²) in [6.45, 7) is 4.26. The summed E-state index contributed by atoms with van der Waals surface area (Å²) in [4.78, 5) is 12.4. The van der Waals surface area contributed by atoms with Crippen LogP contribution in [0.2, 0.25) is 0 Å². The van der Waals surface area contributed by atoms with E-state index in [1.165, 1.54) is 244 Å². The lowest BCUT2D eigenvalue weighted by Gasteiger charge is -2.19. The minimum absolute atomic E-state index is 0.0753. The molecule has 370 valence electrons. The first-order valence-electron chi connectivity index (χ1n) is 28.4. The van der Waals surface area contributed by atoms with Crippen LogP contribution in [0.1, 0.15) is 303 Å². The van der Waals surface area contributed by atoms with Crippen LogP contribution in [-0.4, -0.2) is 34.9 Å². The van der Waals surface area contributed by atoms with Crippen LogP contribution in [0.15, 0.2) is 48.6 Å². The van der Waals surface area contributed by atoms with E-state index in [2.05, 4.69) is 55.6 Å². The van der Waals surface area contributed by atoms with Crippen LogP contribution >= 0.6 is 0 Å². The molecule has 0 saturated carbocycles. The summed E-state index contributed by atoms with van der Waals surface area (Å²) in [5.41, 5.74) is 0. The third-order valence-electron chi connectivity index (χ3n) is 13.0. The van der Waals surface area contributed by atoms with Gasteiger partial charge < -0.3 is 15.5 Å². The number of aliphatic hydroxyl groups is 2. The monoisotopic (exact) mass is 882 g/mol. The number of hydrogen-bond acceptors (Lipinski definition) is 3. The van der Waals surface area contributed by atoms with Gasteiger partial charge in [0.15, 0.2) is 0 Å². The zero-order valence-corrected chi connectivity index (χ0v) is 42.6. The Bertz CT molecular complexity index is 1000. The Balaban J connectivity index is 3.37.